The second-order valence-corrected chi connectivity index (χ2v) is 6.31. The van der Waals surface area contributed by atoms with Gasteiger partial charge in [0.1, 0.15) is 5.92 Å². The number of alkyl halides is 2. The van der Waals surface area contributed by atoms with Crippen LogP contribution in [-0.4, -0.2) is 56.5 Å². The van der Waals surface area contributed by atoms with E-state index < -0.39 is 24.8 Å². The Kier molecular flexibility index (Phi) is 6.68. The van der Waals surface area contributed by atoms with Crippen molar-refractivity contribution in [1.82, 2.24) is 4.90 Å². The third-order valence-electron chi connectivity index (χ3n) is 3.88. The largest absolute Gasteiger partial charge is 0.383 e. The van der Waals surface area contributed by atoms with E-state index in [1.165, 1.54) is 12.0 Å². The maximum absolute atomic E-state index is 12.7. The summed E-state index contributed by atoms with van der Waals surface area (Å²) in [5.74, 6) is -1.84. The first-order valence-electron chi connectivity index (χ1n) is 7.57. The summed E-state index contributed by atoms with van der Waals surface area (Å²) >= 11 is 3.38. The third kappa shape index (κ3) is 4.30. The molecular weight excluding hydrogens is 386 g/mol. The normalized spacial score (nSPS) is 17.6. The van der Waals surface area contributed by atoms with Crippen molar-refractivity contribution in [2.75, 3.05) is 38.3 Å². The van der Waals surface area contributed by atoms with Crippen LogP contribution in [0.1, 0.15) is 6.42 Å². The molecule has 2 amide bonds. The zero-order valence-corrected chi connectivity index (χ0v) is 14.8. The van der Waals surface area contributed by atoms with Gasteiger partial charge in [-0.25, -0.2) is 8.78 Å². The first kappa shape index (κ1) is 18.8. The maximum Gasteiger partial charge on any atom is 0.255 e. The Morgan fingerprint density at radius 2 is 2.17 bits per heavy atom. The van der Waals surface area contributed by atoms with Crippen LogP contribution in [0.25, 0.3) is 0 Å². The summed E-state index contributed by atoms with van der Waals surface area (Å²) < 4.78 is 31.0. The molecule has 8 heteroatoms. The SMILES string of the molecule is COCCN(CC(F)F)C(=O)C1CCN(c2ccccc2Br)C1=O. The molecule has 2 rings (SSSR count). The van der Waals surface area contributed by atoms with Gasteiger partial charge in [-0.2, -0.15) is 0 Å². The fourth-order valence-corrected chi connectivity index (χ4v) is 3.20. The quantitative estimate of drug-likeness (QED) is 0.656. The number of amides is 2. The van der Waals surface area contributed by atoms with E-state index in [2.05, 4.69) is 15.9 Å². The van der Waals surface area contributed by atoms with Gasteiger partial charge in [-0.1, -0.05) is 12.1 Å². The second kappa shape index (κ2) is 8.53. The predicted octanol–water partition coefficient (Wildman–Crippen LogP) is 2.54. The number of carbonyl (C=O) groups excluding carboxylic acids is 2. The molecule has 1 aliphatic heterocycles. The van der Waals surface area contributed by atoms with E-state index in [0.29, 0.717) is 18.7 Å². The van der Waals surface area contributed by atoms with Crippen LogP contribution in [0.2, 0.25) is 0 Å². The predicted molar refractivity (Wildman–Crippen MR) is 89.1 cm³/mol. The number of para-hydroxylation sites is 1. The van der Waals surface area contributed by atoms with Crippen molar-refractivity contribution in [3.05, 3.63) is 28.7 Å². The molecule has 1 fully saturated rings. The summed E-state index contributed by atoms with van der Waals surface area (Å²) in [5, 5.41) is 0. The number of halogens is 3. The molecular formula is C16H19BrF2N2O3. The molecule has 5 nitrogen and oxygen atoms in total. The van der Waals surface area contributed by atoms with Gasteiger partial charge in [0.2, 0.25) is 11.8 Å². The average molecular weight is 405 g/mol. The van der Waals surface area contributed by atoms with Gasteiger partial charge in [-0.05, 0) is 34.5 Å². The van der Waals surface area contributed by atoms with E-state index >= 15 is 0 Å². The highest BCUT2D eigenvalue weighted by atomic mass is 79.9. The number of methoxy groups -OCH3 is 1. The van der Waals surface area contributed by atoms with Gasteiger partial charge >= 0.3 is 0 Å². The van der Waals surface area contributed by atoms with Gasteiger partial charge in [-0.3, -0.25) is 9.59 Å². The van der Waals surface area contributed by atoms with Crippen LogP contribution in [0, 0.1) is 5.92 Å². The minimum absolute atomic E-state index is 0.0402. The molecule has 0 aliphatic carbocycles. The molecule has 0 saturated carbocycles. The van der Waals surface area contributed by atoms with Gasteiger partial charge in [0, 0.05) is 24.7 Å². The van der Waals surface area contributed by atoms with Crippen LogP contribution in [0.5, 0.6) is 0 Å². The van der Waals surface area contributed by atoms with E-state index in [-0.39, 0.29) is 19.1 Å². The Bertz CT molecular complexity index is 600. The monoisotopic (exact) mass is 404 g/mol. The van der Waals surface area contributed by atoms with Crippen molar-refractivity contribution in [2.24, 2.45) is 5.92 Å². The van der Waals surface area contributed by atoms with E-state index in [1.807, 2.05) is 6.07 Å². The summed E-state index contributed by atoms with van der Waals surface area (Å²) in [5.41, 5.74) is 0.676. The zero-order chi connectivity index (χ0) is 17.7. The fourth-order valence-electron chi connectivity index (χ4n) is 2.70. The van der Waals surface area contributed by atoms with Crippen LogP contribution < -0.4 is 4.90 Å². The average Bonchev–Trinajstić information content (AvgIpc) is 2.92. The van der Waals surface area contributed by atoms with Crippen molar-refractivity contribution in [3.8, 4) is 0 Å². The number of nitrogens with zero attached hydrogens (tertiary/aromatic N) is 2. The molecule has 0 spiro atoms. The zero-order valence-electron chi connectivity index (χ0n) is 13.3. The first-order chi connectivity index (χ1) is 11.5. The Balaban J connectivity index is 2.12. The molecule has 1 aromatic carbocycles. The highest BCUT2D eigenvalue weighted by molar-refractivity contribution is 9.10. The lowest BCUT2D eigenvalue weighted by molar-refractivity contribution is -0.142. The van der Waals surface area contributed by atoms with Gasteiger partial charge in [0.25, 0.3) is 6.43 Å². The summed E-state index contributed by atoms with van der Waals surface area (Å²) in [4.78, 5) is 27.7. The molecule has 0 radical (unpaired) electrons. The van der Waals surface area contributed by atoms with E-state index in [0.717, 1.165) is 9.37 Å². The summed E-state index contributed by atoms with van der Waals surface area (Å²) in [6.45, 7) is -0.128. The second-order valence-electron chi connectivity index (χ2n) is 5.45. The molecule has 132 valence electrons. The van der Waals surface area contributed by atoms with Crippen LogP contribution >= 0.6 is 15.9 Å². The van der Waals surface area contributed by atoms with Gasteiger partial charge in [0.05, 0.1) is 18.8 Å². The molecule has 24 heavy (non-hydrogen) atoms. The highest BCUT2D eigenvalue weighted by Crippen LogP contribution is 2.32. The van der Waals surface area contributed by atoms with Crippen LogP contribution in [0.15, 0.2) is 28.7 Å². The maximum atomic E-state index is 12.7. The van der Waals surface area contributed by atoms with E-state index in [4.69, 9.17) is 4.74 Å². The number of anilines is 1. The molecule has 1 saturated heterocycles. The summed E-state index contributed by atoms with van der Waals surface area (Å²) in [6.07, 6.45) is -2.34. The minimum Gasteiger partial charge on any atom is -0.383 e. The number of benzene rings is 1. The van der Waals surface area contributed by atoms with Crippen molar-refractivity contribution < 1.29 is 23.1 Å². The van der Waals surface area contributed by atoms with E-state index in [9.17, 15) is 18.4 Å². The number of ether oxygens (including phenoxy) is 1. The molecule has 0 bridgehead atoms. The Labute approximate surface area is 147 Å². The van der Waals surface area contributed by atoms with Gasteiger partial charge in [0.15, 0.2) is 0 Å². The smallest absolute Gasteiger partial charge is 0.255 e. The first-order valence-corrected chi connectivity index (χ1v) is 8.36. The number of rotatable bonds is 7. The molecule has 0 N–H and O–H groups in total. The van der Waals surface area contributed by atoms with E-state index in [1.54, 1.807) is 18.2 Å². The van der Waals surface area contributed by atoms with Crippen LogP contribution in [0.4, 0.5) is 14.5 Å². The summed E-state index contributed by atoms with van der Waals surface area (Å²) in [7, 11) is 1.43. The van der Waals surface area contributed by atoms with Crippen molar-refractivity contribution in [2.45, 2.75) is 12.8 Å². The van der Waals surface area contributed by atoms with Crippen molar-refractivity contribution >= 4 is 33.4 Å². The summed E-state index contributed by atoms with van der Waals surface area (Å²) in [6, 6.07) is 7.20. The number of hydrogen-bond acceptors (Lipinski definition) is 3. The van der Waals surface area contributed by atoms with Crippen LogP contribution in [0.3, 0.4) is 0 Å². The minimum atomic E-state index is -2.65. The van der Waals surface area contributed by atoms with Crippen molar-refractivity contribution in [1.29, 1.82) is 0 Å². The highest BCUT2D eigenvalue weighted by Gasteiger charge is 2.40. The fraction of sp³-hybridized carbons (Fsp3) is 0.500. The molecule has 1 heterocycles. The van der Waals surface area contributed by atoms with Gasteiger partial charge < -0.3 is 14.5 Å². The standard InChI is InChI=1S/C16H19BrF2N2O3/c1-24-9-8-20(10-14(18)19)15(22)11-6-7-21(16(11)23)13-5-3-2-4-12(13)17/h2-5,11,14H,6-10H2,1H3. The lowest BCUT2D eigenvalue weighted by Crippen LogP contribution is -2.43. The lowest BCUT2D eigenvalue weighted by atomic mass is 10.1. The number of carbonyl (C=O) groups is 2. The van der Waals surface area contributed by atoms with Crippen molar-refractivity contribution in [3.63, 3.8) is 0 Å². The number of hydrogen-bond donors (Lipinski definition) is 0. The topological polar surface area (TPSA) is 49.9 Å². The molecule has 1 aromatic rings. The lowest BCUT2D eigenvalue weighted by Gasteiger charge is -2.25. The van der Waals surface area contributed by atoms with Gasteiger partial charge in [-0.15, -0.1) is 0 Å². The molecule has 1 unspecified atom stereocenters. The Morgan fingerprint density at radius 3 is 2.79 bits per heavy atom. The molecule has 1 atom stereocenters. The Hall–Kier alpha value is -1.54. The third-order valence-corrected chi connectivity index (χ3v) is 4.55. The Morgan fingerprint density at radius 1 is 1.46 bits per heavy atom. The molecule has 1 aliphatic rings. The molecule has 0 aromatic heterocycles. The van der Waals surface area contributed by atoms with Crippen LogP contribution in [-0.2, 0) is 14.3 Å².